The van der Waals surface area contributed by atoms with Gasteiger partial charge in [0.05, 0.1) is 42.1 Å². The van der Waals surface area contributed by atoms with E-state index in [1.54, 1.807) is 0 Å². The summed E-state index contributed by atoms with van der Waals surface area (Å²) in [5.74, 6) is 4.20. The molecule has 2 aromatic heterocycles. The molecule has 2 saturated carbocycles. The highest BCUT2D eigenvalue weighted by atomic mass is 35.5. The van der Waals surface area contributed by atoms with Gasteiger partial charge in [-0.1, -0.05) is 65.8 Å². The topological polar surface area (TPSA) is 137 Å². The van der Waals surface area contributed by atoms with Gasteiger partial charge in [-0.3, -0.25) is 9.59 Å². The average Bonchev–Trinajstić information content (AvgIpc) is 4.26. The van der Waals surface area contributed by atoms with Crippen molar-refractivity contribution in [2.24, 2.45) is 0 Å². The molecule has 0 radical (unpaired) electrons. The van der Waals surface area contributed by atoms with Crippen LogP contribution in [0.15, 0.2) is 84.9 Å². The van der Waals surface area contributed by atoms with Crippen LogP contribution in [0.2, 0.25) is 0 Å². The van der Waals surface area contributed by atoms with Gasteiger partial charge >= 0.3 is 0 Å². The lowest BCUT2D eigenvalue weighted by molar-refractivity contribution is -0.121. The van der Waals surface area contributed by atoms with Crippen LogP contribution in [0.4, 0.5) is 0 Å². The molecule has 3 N–H and O–H groups in total. The zero-order chi connectivity index (χ0) is 47.3. The van der Waals surface area contributed by atoms with Crippen LogP contribution < -0.4 is 24.3 Å². The normalized spacial score (nSPS) is 18.4. The molecule has 0 bridgehead atoms. The number of aromatic nitrogens is 2. The average molecular weight is 931 g/mol. The van der Waals surface area contributed by atoms with Crippen molar-refractivity contribution in [3.63, 3.8) is 0 Å². The molecule has 0 spiro atoms. The Hall–Kier alpha value is -5.33. The summed E-state index contributed by atoms with van der Waals surface area (Å²) in [5.41, 5.74) is 8.04. The SMILES string of the molecule is CC(C)(C)c1cc2cc(CC(=O)C3(c4ccc5c(c4)OCO5)CC3)ccc2[nH]1.CNCC(O)Cn1c(C(C)(C)C)cc2cc(CC(=O)C3(c4ccc5c(c4)OCO5)CC3)ccc21.ClCC1CO1. The predicted molar refractivity (Wildman–Crippen MR) is 262 cm³/mol. The Morgan fingerprint density at radius 3 is 1.75 bits per heavy atom. The van der Waals surface area contributed by atoms with E-state index in [1.807, 2.05) is 43.4 Å². The number of aromatic amines is 1. The molecule has 2 aliphatic carbocycles. The summed E-state index contributed by atoms with van der Waals surface area (Å²) in [7, 11) is 1.85. The van der Waals surface area contributed by atoms with Gasteiger partial charge in [0.2, 0.25) is 13.6 Å². The van der Waals surface area contributed by atoms with Crippen LogP contribution in [0.1, 0.15) is 101 Å². The largest absolute Gasteiger partial charge is 0.454 e. The Morgan fingerprint density at radius 1 is 0.731 bits per heavy atom. The number of Topliss-reactive ketones (excluding diaryl/α,β-unsaturated/α-hetero) is 2. The highest BCUT2D eigenvalue weighted by Crippen LogP contribution is 2.53. The van der Waals surface area contributed by atoms with Crippen LogP contribution >= 0.6 is 11.6 Å². The van der Waals surface area contributed by atoms with Crippen molar-refractivity contribution >= 4 is 45.0 Å². The molecule has 12 heteroatoms. The maximum absolute atomic E-state index is 13.5. The summed E-state index contributed by atoms with van der Waals surface area (Å²) in [6.45, 7) is 15.6. The molecule has 4 aromatic carbocycles. The summed E-state index contributed by atoms with van der Waals surface area (Å²) < 4.78 is 28.8. The van der Waals surface area contributed by atoms with Crippen LogP contribution in [0, 0.1) is 0 Å². The molecule has 1 saturated heterocycles. The molecule has 5 heterocycles. The first-order valence-electron chi connectivity index (χ1n) is 23.6. The van der Waals surface area contributed by atoms with Crippen molar-refractivity contribution in [2.75, 3.05) is 39.7 Å². The van der Waals surface area contributed by atoms with Gasteiger partial charge in [0.15, 0.2) is 23.0 Å². The van der Waals surface area contributed by atoms with Crippen molar-refractivity contribution in [3.05, 3.63) is 119 Å². The monoisotopic (exact) mass is 929 g/mol. The summed E-state index contributed by atoms with van der Waals surface area (Å²) in [5, 5.41) is 15.8. The van der Waals surface area contributed by atoms with E-state index >= 15 is 0 Å². The number of epoxide rings is 1. The summed E-state index contributed by atoms with van der Waals surface area (Å²) in [6.07, 6.45) is 4.36. The van der Waals surface area contributed by atoms with Crippen molar-refractivity contribution in [1.82, 2.24) is 14.9 Å². The molecule has 2 atom stereocenters. The second kappa shape index (κ2) is 18.3. The molecule has 5 aliphatic rings. The van der Waals surface area contributed by atoms with Crippen LogP contribution in [0.5, 0.6) is 23.0 Å². The zero-order valence-corrected chi connectivity index (χ0v) is 40.6. The van der Waals surface area contributed by atoms with E-state index in [0.717, 1.165) is 94.0 Å². The van der Waals surface area contributed by atoms with Gasteiger partial charge in [0.25, 0.3) is 0 Å². The summed E-state index contributed by atoms with van der Waals surface area (Å²) >= 11 is 5.27. The highest BCUT2D eigenvalue weighted by molar-refractivity contribution is 6.18. The summed E-state index contributed by atoms with van der Waals surface area (Å²) in [4.78, 5) is 30.2. The van der Waals surface area contributed by atoms with E-state index < -0.39 is 11.5 Å². The lowest BCUT2D eigenvalue weighted by Crippen LogP contribution is -2.30. The lowest BCUT2D eigenvalue weighted by atomic mass is 9.87. The maximum Gasteiger partial charge on any atom is 0.231 e. The number of likely N-dealkylation sites (N-methyl/N-ethyl adjacent to an activating group) is 1. The number of nitrogens with one attached hydrogen (secondary N) is 2. The standard InChI is InChI=1S/C28H34N2O4.C24H25NO3.C3H5ClO/c1-27(2,3)25-13-19-11-18(5-7-22(19)30(25)16-21(31)15-29-4)12-26(32)28(9-10-28)20-6-8-23-24(14-20)34-17-33-23;1-23(2,3)21-12-16-10-15(4-6-18(16)25-21)11-22(26)24(8-9-24)17-5-7-19-20(13-17)28-14-27-19;4-1-3-2-5-3/h5-8,11,13-14,21,29,31H,9-10,12,15-17H2,1-4H3;4-7,10,12-13,25H,8-9,11,14H2,1-3H3;3H,1-2H2. The number of aliphatic hydroxyl groups excluding tert-OH is 1. The van der Waals surface area contributed by atoms with Crippen LogP contribution in [0.25, 0.3) is 21.8 Å². The molecule has 67 heavy (non-hydrogen) atoms. The lowest BCUT2D eigenvalue weighted by Gasteiger charge is -2.23. The third-order valence-electron chi connectivity index (χ3n) is 13.8. The van der Waals surface area contributed by atoms with Crippen molar-refractivity contribution in [1.29, 1.82) is 0 Å². The number of halogens is 1. The highest BCUT2D eigenvalue weighted by Gasteiger charge is 2.52. The van der Waals surface area contributed by atoms with Crippen LogP contribution in [0.3, 0.4) is 0 Å². The number of fused-ring (bicyclic) bond motifs is 4. The quantitative estimate of drug-likeness (QED) is 0.0764. The first-order valence-corrected chi connectivity index (χ1v) is 24.1. The number of ketones is 2. The van der Waals surface area contributed by atoms with E-state index in [0.29, 0.717) is 37.9 Å². The molecular weight excluding hydrogens is 866 g/mol. The minimum absolute atomic E-state index is 0.0637. The Morgan fingerprint density at radius 2 is 1.27 bits per heavy atom. The first kappa shape index (κ1) is 46.8. The number of nitrogens with zero attached hydrogens (tertiary/aromatic N) is 1. The third kappa shape index (κ3) is 9.98. The van der Waals surface area contributed by atoms with Crippen LogP contribution in [-0.4, -0.2) is 78.1 Å². The van der Waals surface area contributed by atoms with E-state index in [4.69, 9.17) is 35.3 Å². The summed E-state index contributed by atoms with van der Waals surface area (Å²) in [6, 6.07) is 28.8. The molecule has 3 aliphatic heterocycles. The smallest absolute Gasteiger partial charge is 0.231 e. The van der Waals surface area contributed by atoms with Crippen LogP contribution in [-0.2, 0) is 55.4 Å². The molecule has 2 unspecified atom stereocenters. The number of benzene rings is 4. The van der Waals surface area contributed by atoms with Gasteiger partial charge in [0, 0.05) is 58.0 Å². The number of carbonyl (C=O) groups excluding carboxylic acids is 2. The van der Waals surface area contributed by atoms with E-state index in [9.17, 15) is 14.7 Å². The second-order valence-corrected chi connectivity index (χ2v) is 21.3. The third-order valence-corrected chi connectivity index (χ3v) is 14.1. The molecule has 354 valence electrons. The minimum atomic E-state index is -0.473. The van der Waals surface area contributed by atoms with E-state index in [1.165, 1.54) is 16.8 Å². The molecule has 3 fully saturated rings. The Bertz CT molecular complexity index is 2800. The minimum Gasteiger partial charge on any atom is -0.454 e. The Kier molecular flexibility index (Phi) is 12.8. The Labute approximate surface area is 398 Å². The molecular formula is C55H64ClN3O8. The second-order valence-electron chi connectivity index (χ2n) is 21.0. The first-order chi connectivity index (χ1) is 32.0. The number of hydrogen-bond donors (Lipinski definition) is 3. The number of hydrogen-bond acceptors (Lipinski definition) is 9. The van der Waals surface area contributed by atoms with Crippen molar-refractivity contribution in [2.45, 2.75) is 120 Å². The predicted octanol–water partition coefficient (Wildman–Crippen LogP) is 9.75. The van der Waals surface area contributed by atoms with E-state index in [2.05, 4.69) is 105 Å². The van der Waals surface area contributed by atoms with Crippen molar-refractivity contribution < 1.29 is 38.4 Å². The van der Waals surface area contributed by atoms with Gasteiger partial charge in [-0.2, -0.15) is 0 Å². The number of alkyl halides is 1. The molecule has 0 amide bonds. The van der Waals surface area contributed by atoms with Gasteiger partial charge in [-0.05, 0) is 121 Å². The van der Waals surface area contributed by atoms with Gasteiger partial charge in [0.1, 0.15) is 11.6 Å². The Balaban J connectivity index is 0.000000154. The number of carbonyl (C=O) groups is 2. The number of H-pyrrole nitrogens is 1. The van der Waals surface area contributed by atoms with E-state index in [-0.39, 0.29) is 41.4 Å². The number of rotatable bonds is 13. The van der Waals surface area contributed by atoms with Gasteiger partial charge < -0.3 is 43.7 Å². The molecule has 6 aromatic rings. The number of ether oxygens (including phenoxy) is 5. The zero-order valence-electron chi connectivity index (χ0n) is 39.9. The molecule has 11 rings (SSSR count). The van der Waals surface area contributed by atoms with Gasteiger partial charge in [-0.25, -0.2) is 0 Å². The molecule has 11 nitrogen and oxygen atoms in total. The maximum atomic E-state index is 13.5. The fourth-order valence-corrected chi connectivity index (χ4v) is 9.60. The fourth-order valence-electron chi connectivity index (χ4n) is 9.42. The van der Waals surface area contributed by atoms with Crippen molar-refractivity contribution in [3.8, 4) is 23.0 Å². The number of aliphatic hydroxyl groups is 1. The fraction of sp³-hybridized carbons (Fsp3) is 0.455. The van der Waals surface area contributed by atoms with Gasteiger partial charge in [-0.15, -0.1) is 11.6 Å².